The first-order chi connectivity index (χ1) is 9.05. The van der Waals surface area contributed by atoms with Crippen LogP contribution in [0.3, 0.4) is 0 Å². The molecule has 2 rings (SSSR count). The van der Waals surface area contributed by atoms with Gasteiger partial charge in [0.05, 0.1) is 5.41 Å². The number of carbonyl (C=O) groups is 1. The second-order valence-electron chi connectivity index (χ2n) is 5.77. The Morgan fingerprint density at radius 3 is 2.79 bits per heavy atom. The summed E-state index contributed by atoms with van der Waals surface area (Å²) in [6.45, 7) is 8.24. The van der Waals surface area contributed by atoms with E-state index in [9.17, 15) is 4.79 Å². The lowest BCUT2D eigenvalue weighted by Crippen LogP contribution is -2.26. The largest absolute Gasteiger partial charge is 0.325 e. The average molecular weight is 260 g/mol. The third-order valence-electron chi connectivity index (χ3n) is 3.89. The van der Waals surface area contributed by atoms with Gasteiger partial charge in [0, 0.05) is 5.69 Å². The molecule has 1 aliphatic heterocycles. The van der Waals surface area contributed by atoms with E-state index in [2.05, 4.69) is 29.7 Å². The minimum atomic E-state index is -0.394. The molecule has 0 atom stereocenters. The minimum Gasteiger partial charge on any atom is -0.325 e. The van der Waals surface area contributed by atoms with Crippen LogP contribution in [0.2, 0.25) is 0 Å². The Balaban J connectivity index is 1.98. The molecule has 1 amide bonds. The quantitative estimate of drug-likeness (QED) is 0.772. The molecule has 0 radical (unpaired) electrons. The zero-order chi connectivity index (χ0) is 13.9. The molecule has 1 aromatic rings. The van der Waals surface area contributed by atoms with Gasteiger partial charge in [-0.3, -0.25) is 4.79 Å². The Kier molecular flexibility index (Phi) is 4.25. The number of hydrogen-bond acceptors (Lipinski definition) is 2. The van der Waals surface area contributed by atoms with Gasteiger partial charge in [0.2, 0.25) is 5.91 Å². The molecule has 0 fully saturated rings. The maximum absolute atomic E-state index is 11.9. The lowest BCUT2D eigenvalue weighted by Gasteiger charge is -2.15. The highest BCUT2D eigenvalue weighted by Gasteiger charge is 2.38. The molecule has 0 aliphatic carbocycles. The van der Waals surface area contributed by atoms with E-state index >= 15 is 0 Å². The van der Waals surface area contributed by atoms with Gasteiger partial charge >= 0.3 is 0 Å². The summed E-state index contributed by atoms with van der Waals surface area (Å²) in [4.78, 5) is 11.9. The monoisotopic (exact) mass is 260 g/mol. The highest BCUT2D eigenvalue weighted by atomic mass is 16.2. The van der Waals surface area contributed by atoms with Gasteiger partial charge in [-0.15, -0.1) is 0 Å². The Labute approximate surface area is 115 Å². The maximum Gasteiger partial charge on any atom is 0.234 e. The number of rotatable bonds is 6. The summed E-state index contributed by atoms with van der Waals surface area (Å²) in [6.07, 6.45) is 3.47. The number of hydrogen-bond donors (Lipinski definition) is 2. The van der Waals surface area contributed by atoms with Gasteiger partial charge in [0.1, 0.15) is 0 Å². The van der Waals surface area contributed by atoms with E-state index in [0.717, 1.165) is 30.8 Å². The number of aryl methyl sites for hydroxylation is 1. The van der Waals surface area contributed by atoms with E-state index in [4.69, 9.17) is 0 Å². The van der Waals surface area contributed by atoms with Crippen LogP contribution >= 0.6 is 0 Å². The molecule has 0 spiro atoms. The second-order valence-corrected chi connectivity index (χ2v) is 5.77. The first-order valence-corrected chi connectivity index (χ1v) is 7.21. The topological polar surface area (TPSA) is 41.1 Å². The van der Waals surface area contributed by atoms with Crippen LogP contribution in [0.25, 0.3) is 0 Å². The van der Waals surface area contributed by atoms with Gasteiger partial charge < -0.3 is 10.6 Å². The standard InChI is InChI=1S/C16H24N2O/c1-4-17-10-6-5-7-12-8-9-14-13(11-12)16(2,3)15(19)18-14/h8-9,11,17H,4-7,10H2,1-3H3,(H,18,19). The predicted molar refractivity (Wildman–Crippen MR) is 79.6 cm³/mol. The SMILES string of the molecule is CCNCCCCc1ccc2c(c1)C(C)(C)C(=O)N2. The van der Waals surface area contributed by atoms with E-state index in [1.165, 1.54) is 18.4 Å². The van der Waals surface area contributed by atoms with Crippen LogP contribution in [0.5, 0.6) is 0 Å². The van der Waals surface area contributed by atoms with Crippen molar-refractivity contribution in [1.82, 2.24) is 5.32 Å². The van der Waals surface area contributed by atoms with E-state index in [0.29, 0.717) is 0 Å². The van der Waals surface area contributed by atoms with Crippen LogP contribution in [-0.4, -0.2) is 19.0 Å². The van der Waals surface area contributed by atoms with Crippen molar-refractivity contribution in [2.75, 3.05) is 18.4 Å². The molecule has 1 heterocycles. The van der Waals surface area contributed by atoms with E-state index in [1.807, 2.05) is 19.9 Å². The Morgan fingerprint density at radius 1 is 1.26 bits per heavy atom. The van der Waals surface area contributed by atoms with Gasteiger partial charge in [0.15, 0.2) is 0 Å². The lowest BCUT2D eigenvalue weighted by molar-refractivity contribution is -0.119. The molecule has 0 bridgehead atoms. The molecule has 19 heavy (non-hydrogen) atoms. The van der Waals surface area contributed by atoms with Crippen molar-refractivity contribution in [3.63, 3.8) is 0 Å². The lowest BCUT2D eigenvalue weighted by atomic mass is 9.85. The van der Waals surface area contributed by atoms with Crippen molar-refractivity contribution in [3.8, 4) is 0 Å². The van der Waals surface area contributed by atoms with E-state index in [1.54, 1.807) is 0 Å². The summed E-state index contributed by atoms with van der Waals surface area (Å²) in [7, 11) is 0. The van der Waals surface area contributed by atoms with Crippen molar-refractivity contribution in [1.29, 1.82) is 0 Å². The number of nitrogens with one attached hydrogen (secondary N) is 2. The molecular formula is C16H24N2O. The smallest absolute Gasteiger partial charge is 0.234 e. The molecular weight excluding hydrogens is 236 g/mol. The molecule has 3 heteroatoms. The average Bonchev–Trinajstić information content (AvgIpc) is 2.61. The van der Waals surface area contributed by atoms with Gasteiger partial charge in [-0.05, 0) is 63.4 Å². The molecule has 1 aromatic carbocycles. The fourth-order valence-corrected chi connectivity index (χ4v) is 2.53. The summed E-state index contributed by atoms with van der Waals surface area (Å²) in [6, 6.07) is 6.37. The Bertz CT molecular complexity index is 466. The molecule has 2 N–H and O–H groups in total. The number of amides is 1. The highest BCUT2D eigenvalue weighted by molar-refractivity contribution is 6.05. The zero-order valence-corrected chi connectivity index (χ0v) is 12.2. The molecule has 0 unspecified atom stereocenters. The van der Waals surface area contributed by atoms with Crippen LogP contribution in [-0.2, 0) is 16.6 Å². The third kappa shape index (κ3) is 2.98. The fraction of sp³-hybridized carbons (Fsp3) is 0.562. The molecule has 3 nitrogen and oxygen atoms in total. The highest BCUT2D eigenvalue weighted by Crippen LogP contribution is 2.37. The maximum atomic E-state index is 11.9. The normalized spacial score (nSPS) is 16.3. The van der Waals surface area contributed by atoms with Crippen molar-refractivity contribution >= 4 is 11.6 Å². The Hall–Kier alpha value is -1.35. The summed E-state index contributed by atoms with van der Waals surface area (Å²) in [5.74, 6) is 0.104. The van der Waals surface area contributed by atoms with Crippen molar-refractivity contribution < 1.29 is 4.79 Å². The molecule has 0 aromatic heterocycles. The van der Waals surface area contributed by atoms with Crippen LogP contribution in [0, 0.1) is 0 Å². The molecule has 104 valence electrons. The van der Waals surface area contributed by atoms with Gasteiger partial charge in [-0.2, -0.15) is 0 Å². The number of carbonyl (C=O) groups excluding carboxylic acids is 1. The van der Waals surface area contributed by atoms with Crippen molar-refractivity contribution in [2.24, 2.45) is 0 Å². The molecule has 0 saturated carbocycles. The first kappa shape index (κ1) is 14.1. The summed E-state index contributed by atoms with van der Waals surface area (Å²) in [5, 5.41) is 6.29. The van der Waals surface area contributed by atoms with Crippen LogP contribution < -0.4 is 10.6 Å². The van der Waals surface area contributed by atoms with Crippen LogP contribution in [0.4, 0.5) is 5.69 Å². The van der Waals surface area contributed by atoms with Crippen molar-refractivity contribution in [2.45, 2.75) is 45.4 Å². The molecule has 1 aliphatic rings. The first-order valence-electron chi connectivity index (χ1n) is 7.21. The summed E-state index contributed by atoms with van der Waals surface area (Å²) < 4.78 is 0. The fourth-order valence-electron chi connectivity index (χ4n) is 2.53. The van der Waals surface area contributed by atoms with Gasteiger partial charge in [-0.1, -0.05) is 19.1 Å². The van der Waals surface area contributed by atoms with Gasteiger partial charge in [-0.25, -0.2) is 0 Å². The summed E-state index contributed by atoms with van der Waals surface area (Å²) in [5.41, 5.74) is 3.06. The van der Waals surface area contributed by atoms with Crippen molar-refractivity contribution in [3.05, 3.63) is 29.3 Å². The minimum absolute atomic E-state index is 0.104. The number of anilines is 1. The van der Waals surface area contributed by atoms with Crippen LogP contribution in [0.1, 0.15) is 44.7 Å². The van der Waals surface area contributed by atoms with E-state index in [-0.39, 0.29) is 5.91 Å². The Morgan fingerprint density at radius 2 is 2.05 bits per heavy atom. The van der Waals surface area contributed by atoms with E-state index < -0.39 is 5.41 Å². The van der Waals surface area contributed by atoms with Gasteiger partial charge in [0.25, 0.3) is 0 Å². The van der Waals surface area contributed by atoms with Crippen LogP contribution in [0.15, 0.2) is 18.2 Å². The third-order valence-corrected chi connectivity index (χ3v) is 3.89. The number of benzene rings is 1. The predicted octanol–water partition coefficient (Wildman–Crippen LogP) is 2.85. The zero-order valence-electron chi connectivity index (χ0n) is 12.2. The molecule has 0 saturated heterocycles. The number of fused-ring (bicyclic) bond motifs is 1. The number of unbranched alkanes of at least 4 members (excludes halogenated alkanes) is 1. The second kappa shape index (κ2) is 5.74. The summed E-state index contributed by atoms with van der Waals surface area (Å²) >= 11 is 0.